The van der Waals surface area contributed by atoms with Crippen molar-refractivity contribution in [2.24, 2.45) is 11.3 Å². The Bertz CT molecular complexity index is 1520. The number of nitrogens with one attached hydrogen (secondary N) is 4. The second-order valence-corrected chi connectivity index (χ2v) is 16.2. The number of hydrogen-bond donors (Lipinski definition) is 4. The first-order chi connectivity index (χ1) is 22.4. The lowest BCUT2D eigenvalue weighted by molar-refractivity contribution is -0.194. The van der Waals surface area contributed by atoms with Crippen molar-refractivity contribution in [2.75, 3.05) is 30.0 Å². The molecule has 1 amide bonds. The largest absolute Gasteiger partial charge is 0.393 e. The number of carbonyl (C=O) groups excluding carboxylic acids is 1. The molecule has 0 spiro atoms. The molecule has 4 heterocycles. The van der Waals surface area contributed by atoms with Crippen molar-refractivity contribution >= 4 is 72.5 Å². The molecule has 4 N–H and O–H groups in total. The Morgan fingerprint density at radius 1 is 1.17 bits per heavy atom. The molecule has 3 aliphatic rings. The number of aromatic nitrogens is 2. The van der Waals surface area contributed by atoms with Gasteiger partial charge in [-0.3, -0.25) is 14.5 Å². The Hall–Kier alpha value is -2.32. The van der Waals surface area contributed by atoms with Gasteiger partial charge >= 0.3 is 6.18 Å². The molecule has 0 radical (unpaired) electrons. The standard InChI is InChI=1S/C30H43B4ClF3N7O2S/c1-26(2)15-18(16-40-26)5-4-13-39-20-6-3-7-23(41-20)48-44-25(46)19-8-9-21(42-24(19)35)45-14-10-22(43-45)47-17-28(31,32)29(33,34)27(11-12-27)30(36,37)38/h3,6-10,14,18,22,40,43H,4-5,11-13,15-17,31-34H2,1-2H3,(H,39,41)(H,44,46). The quantitative estimate of drug-likeness (QED) is 0.103. The maximum Gasteiger partial charge on any atom is 0.393 e. The highest BCUT2D eigenvalue weighted by Gasteiger charge is 2.72. The third kappa shape index (κ3) is 8.17. The number of halogens is 4. The maximum atomic E-state index is 13.9. The molecule has 2 aromatic rings. The van der Waals surface area contributed by atoms with Crippen molar-refractivity contribution in [3.05, 3.63) is 53.3 Å². The van der Waals surface area contributed by atoms with E-state index in [0.29, 0.717) is 16.8 Å². The number of pyridine rings is 2. The summed E-state index contributed by atoms with van der Waals surface area (Å²) in [6.07, 6.45) is 2.30. The van der Waals surface area contributed by atoms with E-state index in [-0.39, 0.29) is 35.7 Å². The van der Waals surface area contributed by atoms with Gasteiger partial charge in [0.15, 0.2) is 0 Å². The lowest BCUT2D eigenvalue weighted by Gasteiger charge is -2.49. The fourth-order valence-electron chi connectivity index (χ4n) is 6.69. The normalized spacial score (nSPS) is 21.8. The van der Waals surface area contributed by atoms with E-state index < -0.39 is 34.2 Å². The van der Waals surface area contributed by atoms with Crippen molar-refractivity contribution in [1.82, 2.24) is 25.4 Å². The first kappa shape index (κ1) is 36.9. The number of alkyl halides is 3. The monoisotopic (exact) mass is 701 g/mol. The van der Waals surface area contributed by atoms with Crippen LogP contribution in [0.5, 0.6) is 0 Å². The molecule has 5 rings (SSSR count). The molecule has 48 heavy (non-hydrogen) atoms. The molecular weight excluding hydrogens is 658 g/mol. The summed E-state index contributed by atoms with van der Waals surface area (Å²) >= 11 is 7.52. The molecule has 2 unspecified atom stereocenters. The Morgan fingerprint density at radius 3 is 2.56 bits per heavy atom. The number of amides is 1. The molecule has 0 aromatic carbocycles. The van der Waals surface area contributed by atoms with Gasteiger partial charge in [-0.15, -0.1) is 0 Å². The zero-order chi connectivity index (χ0) is 35.0. The zero-order valence-corrected chi connectivity index (χ0v) is 30.0. The van der Waals surface area contributed by atoms with Crippen LogP contribution in [0.4, 0.5) is 24.8 Å². The minimum atomic E-state index is -4.26. The van der Waals surface area contributed by atoms with Gasteiger partial charge in [-0.25, -0.2) is 9.97 Å². The van der Waals surface area contributed by atoms with E-state index in [0.717, 1.165) is 43.7 Å². The zero-order valence-electron chi connectivity index (χ0n) is 28.4. The lowest BCUT2D eigenvalue weighted by Crippen LogP contribution is -2.49. The molecule has 2 atom stereocenters. The van der Waals surface area contributed by atoms with E-state index in [1.165, 1.54) is 6.42 Å². The van der Waals surface area contributed by atoms with Gasteiger partial charge in [0, 0.05) is 36.8 Å². The molecule has 0 bridgehead atoms. The third-order valence-electron chi connectivity index (χ3n) is 10.5. The molecule has 2 aromatic heterocycles. The summed E-state index contributed by atoms with van der Waals surface area (Å²) < 4.78 is 50.6. The molecule has 1 aliphatic carbocycles. The van der Waals surface area contributed by atoms with Gasteiger partial charge in [0.2, 0.25) is 0 Å². The van der Waals surface area contributed by atoms with Gasteiger partial charge in [-0.2, -0.15) is 18.6 Å². The number of carbonyl (C=O) groups is 1. The Balaban J connectivity index is 1.07. The number of nitrogens with zero attached hydrogens (tertiary/aromatic N) is 3. The maximum absolute atomic E-state index is 13.9. The minimum Gasteiger partial charge on any atom is -0.370 e. The molecular formula is C30H43B4ClF3N7O2S. The first-order valence-electron chi connectivity index (χ1n) is 16.4. The van der Waals surface area contributed by atoms with Gasteiger partial charge in [0.25, 0.3) is 5.91 Å². The van der Waals surface area contributed by atoms with Crippen molar-refractivity contribution in [3.63, 3.8) is 0 Å². The SMILES string of the molecule is BC(B)(COC1C=CN(c2ccc(C(=O)NSc3cccc(NCCCC4CNC(C)(C)C4)n3)c(Cl)n2)N1)C(B)(B)C1(C(F)(F)F)CC1. The molecule has 1 saturated heterocycles. The van der Waals surface area contributed by atoms with E-state index in [2.05, 4.69) is 44.6 Å². The highest BCUT2D eigenvalue weighted by molar-refractivity contribution is 7.97. The van der Waals surface area contributed by atoms with Crippen LogP contribution < -0.4 is 25.8 Å². The second-order valence-electron chi connectivity index (χ2n) is 15.0. The Kier molecular flexibility index (Phi) is 10.9. The van der Waals surface area contributed by atoms with Gasteiger partial charge in [0.05, 0.1) is 26.7 Å². The Labute approximate surface area is 293 Å². The summed E-state index contributed by atoms with van der Waals surface area (Å²) in [6.45, 7) is 6.50. The summed E-state index contributed by atoms with van der Waals surface area (Å²) in [7, 11) is 7.01. The molecule has 2 aliphatic heterocycles. The van der Waals surface area contributed by atoms with E-state index >= 15 is 0 Å². The summed E-state index contributed by atoms with van der Waals surface area (Å²) in [5.74, 6) is 1.45. The Morgan fingerprint density at radius 2 is 1.92 bits per heavy atom. The van der Waals surface area contributed by atoms with E-state index in [9.17, 15) is 18.0 Å². The molecule has 18 heteroatoms. The van der Waals surface area contributed by atoms with Crippen LogP contribution in [-0.2, 0) is 4.74 Å². The number of hydrogen-bond acceptors (Lipinski definition) is 9. The first-order valence-corrected chi connectivity index (χ1v) is 17.6. The van der Waals surface area contributed by atoms with Gasteiger partial charge in [-0.05, 0) is 88.8 Å². The number of rotatable bonds is 14. The van der Waals surface area contributed by atoms with Crippen LogP contribution in [-0.4, -0.2) is 84.9 Å². The molecule has 9 nitrogen and oxygen atoms in total. The second kappa shape index (κ2) is 14.1. The van der Waals surface area contributed by atoms with Crippen LogP contribution in [0, 0.1) is 11.3 Å². The van der Waals surface area contributed by atoms with Crippen LogP contribution >= 0.6 is 23.5 Å². The van der Waals surface area contributed by atoms with Gasteiger partial charge in [0.1, 0.15) is 43.7 Å². The number of hydrazine groups is 1. The summed E-state index contributed by atoms with van der Waals surface area (Å²) in [5.41, 5.74) is 1.85. The smallest absolute Gasteiger partial charge is 0.370 e. The summed E-state index contributed by atoms with van der Waals surface area (Å²) in [6, 6.07) is 8.83. The third-order valence-corrected chi connectivity index (χ3v) is 11.6. The minimum absolute atomic E-state index is 0.0131. The highest BCUT2D eigenvalue weighted by atomic mass is 35.5. The lowest BCUT2D eigenvalue weighted by atomic mass is 9.26. The van der Waals surface area contributed by atoms with E-state index in [1.54, 1.807) is 45.1 Å². The van der Waals surface area contributed by atoms with E-state index in [1.807, 2.05) is 33.9 Å². The average Bonchev–Trinajstić information content (AvgIpc) is 3.62. The average molecular weight is 701 g/mol. The number of anilines is 2. The van der Waals surface area contributed by atoms with Crippen LogP contribution in [0.3, 0.4) is 0 Å². The van der Waals surface area contributed by atoms with Crippen molar-refractivity contribution in [2.45, 2.75) is 79.3 Å². The predicted octanol–water partition coefficient (Wildman–Crippen LogP) is 2.44. The van der Waals surface area contributed by atoms with Gasteiger partial charge in [-0.1, -0.05) is 28.1 Å². The highest BCUT2D eigenvalue weighted by Crippen LogP contribution is 2.73. The molecule has 2 fully saturated rings. The fourth-order valence-corrected chi connectivity index (χ4v) is 7.52. The molecule has 256 valence electrons. The predicted molar refractivity (Wildman–Crippen MR) is 196 cm³/mol. The summed E-state index contributed by atoms with van der Waals surface area (Å²) in [5, 5.41) is 7.40. The van der Waals surface area contributed by atoms with Crippen LogP contribution in [0.15, 0.2) is 47.6 Å². The van der Waals surface area contributed by atoms with Crippen LogP contribution in [0.2, 0.25) is 15.6 Å². The van der Waals surface area contributed by atoms with Crippen molar-refractivity contribution in [3.8, 4) is 0 Å². The summed E-state index contributed by atoms with van der Waals surface area (Å²) in [4.78, 5) is 21.9. The van der Waals surface area contributed by atoms with Crippen LogP contribution in [0.25, 0.3) is 0 Å². The van der Waals surface area contributed by atoms with Crippen LogP contribution in [0.1, 0.15) is 56.3 Å². The van der Waals surface area contributed by atoms with E-state index in [4.69, 9.17) is 16.3 Å². The topological polar surface area (TPSA) is 103 Å². The molecule has 1 saturated carbocycles. The number of ether oxygens (including phenoxy) is 1. The van der Waals surface area contributed by atoms with Crippen molar-refractivity contribution < 1.29 is 22.7 Å². The van der Waals surface area contributed by atoms with Gasteiger partial charge < -0.3 is 15.4 Å². The van der Waals surface area contributed by atoms with Crippen molar-refractivity contribution in [1.29, 1.82) is 0 Å². The fraction of sp³-hybridized carbons (Fsp3) is 0.567.